The molecule has 1 unspecified atom stereocenters. The Labute approximate surface area is 107 Å². The molecule has 100 valence electrons. The minimum Gasteiger partial charge on any atom is -0.271 e. The van der Waals surface area contributed by atoms with E-state index in [1.807, 2.05) is 0 Å². The fraction of sp³-hybridized carbons (Fsp3) is 0.167. The molecule has 4 nitrogen and oxygen atoms in total. The Kier molecular flexibility index (Phi) is 3.77. The molecule has 0 aromatic carbocycles. The number of nitrogens with two attached hydrogens (primary N) is 1. The van der Waals surface area contributed by atoms with Crippen LogP contribution in [-0.2, 0) is 6.18 Å². The lowest BCUT2D eigenvalue weighted by molar-refractivity contribution is -0.137. The number of hydrogen-bond donors (Lipinski definition) is 2. The lowest BCUT2D eigenvalue weighted by Crippen LogP contribution is -2.29. The quantitative estimate of drug-likeness (QED) is 0.660. The highest BCUT2D eigenvalue weighted by atomic mass is 19.4. The molecule has 0 radical (unpaired) electrons. The predicted molar refractivity (Wildman–Crippen MR) is 62.6 cm³/mol. The number of aromatic nitrogens is 2. The molecule has 0 amide bonds. The third-order valence-electron chi connectivity index (χ3n) is 2.59. The summed E-state index contributed by atoms with van der Waals surface area (Å²) in [5, 5.41) is 0. The van der Waals surface area contributed by atoms with Crippen LogP contribution in [0.4, 0.5) is 13.2 Å². The summed E-state index contributed by atoms with van der Waals surface area (Å²) in [5.41, 5.74) is 2.83. The van der Waals surface area contributed by atoms with Crippen molar-refractivity contribution in [1.82, 2.24) is 15.4 Å². The second-order valence-electron chi connectivity index (χ2n) is 3.86. The van der Waals surface area contributed by atoms with Gasteiger partial charge in [-0.25, -0.2) is 5.43 Å². The normalized spacial score (nSPS) is 13.3. The highest BCUT2D eigenvalue weighted by Gasteiger charge is 2.31. The average molecular weight is 268 g/mol. The van der Waals surface area contributed by atoms with Crippen molar-refractivity contribution in [3.05, 3.63) is 59.7 Å². The molecular weight excluding hydrogens is 257 g/mol. The van der Waals surface area contributed by atoms with Gasteiger partial charge in [-0.15, -0.1) is 0 Å². The van der Waals surface area contributed by atoms with E-state index >= 15 is 0 Å². The van der Waals surface area contributed by atoms with Crippen molar-refractivity contribution < 1.29 is 13.2 Å². The lowest BCUT2D eigenvalue weighted by atomic mass is 10.1. The molecule has 19 heavy (non-hydrogen) atoms. The van der Waals surface area contributed by atoms with Gasteiger partial charge < -0.3 is 0 Å². The maximum absolute atomic E-state index is 12.4. The van der Waals surface area contributed by atoms with Crippen molar-refractivity contribution in [2.45, 2.75) is 12.2 Å². The van der Waals surface area contributed by atoms with Crippen LogP contribution in [0.3, 0.4) is 0 Å². The van der Waals surface area contributed by atoms with E-state index in [1.54, 1.807) is 24.5 Å². The number of rotatable bonds is 3. The van der Waals surface area contributed by atoms with Crippen LogP contribution in [-0.4, -0.2) is 9.97 Å². The van der Waals surface area contributed by atoms with E-state index in [0.29, 0.717) is 5.69 Å². The van der Waals surface area contributed by atoms with E-state index in [2.05, 4.69) is 15.4 Å². The Morgan fingerprint density at radius 2 is 1.95 bits per heavy atom. The summed E-state index contributed by atoms with van der Waals surface area (Å²) in [6.07, 6.45) is -0.442. The SMILES string of the molecule is NNC(c1cccnc1)c1ccc(C(F)(F)F)cn1. The average Bonchev–Trinajstić information content (AvgIpc) is 2.40. The largest absolute Gasteiger partial charge is 0.417 e. The Hall–Kier alpha value is -1.99. The maximum atomic E-state index is 12.4. The molecule has 2 aromatic heterocycles. The smallest absolute Gasteiger partial charge is 0.271 e. The number of alkyl halides is 3. The zero-order valence-electron chi connectivity index (χ0n) is 9.72. The van der Waals surface area contributed by atoms with Gasteiger partial charge in [0.2, 0.25) is 0 Å². The zero-order chi connectivity index (χ0) is 13.9. The van der Waals surface area contributed by atoms with Gasteiger partial charge >= 0.3 is 6.18 Å². The van der Waals surface area contributed by atoms with Gasteiger partial charge in [0.15, 0.2) is 0 Å². The Bertz CT molecular complexity index is 525. The summed E-state index contributed by atoms with van der Waals surface area (Å²) in [4.78, 5) is 7.73. The fourth-order valence-electron chi connectivity index (χ4n) is 1.64. The number of hydrogen-bond acceptors (Lipinski definition) is 4. The van der Waals surface area contributed by atoms with Crippen LogP contribution in [0.5, 0.6) is 0 Å². The summed E-state index contributed by atoms with van der Waals surface area (Å²) in [6, 6.07) is 5.24. The highest BCUT2D eigenvalue weighted by molar-refractivity contribution is 5.27. The molecule has 0 bridgehead atoms. The van der Waals surface area contributed by atoms with Gasteiger partial charge in [-0.05, 0) is 23.8 Å². The lowest BCUT2D eigenvalue weighted by Gasteiger charge is -2.16. The van der Waals surface area contributed by atoms with Gasteiger partial charge in [-0.2, -0.15) is 13.2 Å². The minimum absolute atomic E-state index is 0.392. The van der Waals surface area contributed by atoms with E-state index in [9.17, 15) is 13.2 Å². The molecule has 0 aliphatic rings. The predicted octanol–water partition coefficient (Wildman–Crippen LogP) is 2.05. The topological polar surface area (TPSA) is 63.8 Å². The minimum atomic E-state index is -4.40. The molecule has 7 heteroatoms. The van der Waals surface area contributed by atoms with Crippen molar-refractivity contribution in [2.75, 3.05) is 0 Å². The van der Waals surface area contributed by atoms with E-state index in [4.69, 9.17) is 5.84 Å². The molecule has 1 atom stereocenters. The van der Waals surface area contributed by atoms with Crippen molar-refractivity contribution in [2.24, 2.45) is 5.84 Å². The second-order valence-corrected chi connectivity index (χ2v) is 3.86. The summed E-state index contributed by atoms with van der Waals surface area (Å²) in [5.74, 6) is 5.42. The Morgan fingerprint density at radius 1 is 1.16 bits per heavy atom. The number of nitrogens with one attached hydrogen (secondary N) is 1. The molecule has 0 aliphatic carbocycles. The second kappa shape index (κ2) is 5.33. The monoisotopic (exact) mass is 268 g/mol. The Balaban J connectivity index is 2.30. The number of pyridine rings is 2. The third-order valence-corrected chi connectivity index (χ3v) is 2.59. The van der Waals surface area contributed by atoms with Crippen molar-refractivity contribution in [3.63, 3.8) is 0 Å². The molecule has 2 heterocycles. The highest BCUT2D eigenvalue weighted by Crippen LogP contribution is 2.29. The van der Waals surface area contributed by atoms with E-state index < -0.39 is 17.8 Å². The summed E-state index contributed by atoms with van der Waals surface area (Å²) in [6.45, 7) is 0. The molecule has 0 saturated carbocycles. The number of nitrogens with zero attached hydrogens (tertiary/aromatic N) is 2. The van der Waals surface area contributed by atoms with Crippen LogP contribution in [0, 0.1) is 0 Å². The molecule has 2 aromatic rings. The number of hydrazine groups is 1. The molecule has 0 fully saturated rings. The summed E-state index contributed by atoms with van der Waals surface area (Å²) in [7, 11) is 0. The maximum Gasteiger partial charge on any atom is 0.417 e. The van der Waals surface area contributed by atoms with Crippen LogP contribution in [0.1, 0.15) is 22.9 Å². The van der Waals surface area contributed by atoms with Crippen LogP contribution in [0.15, 0.2) is 42.9 Å². The molecule has 3 N–H and O–H groups in total. The van der Waals surface area contributed by atoms with Crippen LogP contribution in [0.2, 0.25) is 0 Å². The first-order valence-corrected chi connectivity index (χ1v) is 5.41. The van der Waals surface area contributed by atoms with Crippen molar-refractivity contribution >= 4 is 0 Å². The van der Waals surface area contributed by atoms with Gasteiger partial charge in [0.25, 0.3) is 0 Å². The Morgan fingerprint density at radius 3 is 2.42 bits per heavy atom. The van der Waals surface area contributed by atoms with Crippen molar-refractivity contribution in [1.29, 1.82) is 0 Å². The summed E-state index contributed by atoms with van der Waals surface area (Å²) < 4.78 is 37.3. The fourth-order valence-corrected chi connectivity index (χ4v) is 1.64. The first-order valence-electron chi connectivity index (χ1n) is 5.41. The van der Waals surface area contributed by atoms with E-state index in [-0.39, 0.29) is 0 Å². The standard InChI is InChI=1S/C12H11F3N4/c13-12(14,15)9-3-4-10(18-7-9)11(19-16)8-2-1-5-17-6-8/h1-7,11,19H,16H2. The van der Waals surface area contributed by atoms with Crippen LogP contribution < -0.4 is 11.3 Å². The molecule has 0 aliphatic heterocycles. The van der Waals surface area contributed by atoms with Crippen molar-refractivity contribution in [3.8, 4) is 0 Å². The van der Waals surface area contributed by atoms with Gasteiger partial charge in [0.05, 0.1) is 17.3 Å². The number of halogens is 3. The first kappa shape index (κ1) is 13.4. The van der Waals surface area contributed by atoms with E-state index in [0.717, 1.165) is 17.8 Å². The van der Waals surface area contributed by atoms with Gasteiger partial charge in [-0.3, -0.25) is 15.8 Å². The third kappa shape index (κ3) is 3.07. The van der Waals surface area contributed by atoms with Gasteiger partial charge in [0.1, 0.15) is 0 Å². The van der Waals surface area contributed by atoms with Gasteiger partial charge in [0, 0.05) is 18.6 Å². The van der Waals surface area contributed by atoms with Crippen LogP contribution in [0.25, 0.3) is 0 Å². The van der Waals surface area contributed by atoms with E-state index in [1.165, 1.54) is 6.07 Å². The summed E-state index contributed by atoms with van der Waals surface area (Å²) >= 11 is 0. The molecule has 2 rings (SSSR count). The first-order chi connectivity index (χ1) is 9.02. The molecular formula is C12H11F3N4. The molecule has 0 saturated heterocycles. The molecule has 0 spiro atoms. The van der Waals surface area contributed by atoms with Gasteiger partial charge in [-0.1, -0.05) is 6.07 Å². The zero-order valence-corrected chi connectivity index (χ0v) is 9.72. The van der Waals surface area contributed by atoms with Crippen LogP contribution >= 0.6 is 0 Å².